The van der Waals surface area contributed by atoms with E-state index in [0.29, 0.717) is 45.9 Å². The van der Waals surface area contributed by atoms with Gasteiger partial charge in [-0.15, -0.1) is 0 Å². The second-order valence-corrected chi connectivity index (χ2v) is 12.8. The summed E-state index contributed by atoms with van der Waals surface area (Å²) in [6, 6.07) is 34.1. The Morgan fingerprint density at radius 3 is 1.00 bits per heavy atom. The van der Waals surface area contributed by atoms with Crippen LogP contribution in [-0.2, 0) is 10.8 Å². The van der Waals surface area contributed by atoms with Crippen molar-refractivity contribution in [3.63, 3.8) is 0 Å². The van der Waals surface area contributed by atoms with E-state index in [1.54, 1.807) is 12.1 Å². The number of anilines is 2. The van der Waals surface area contributed by atoms with E-state index >= 15 is 0 Å². The largest absolute Gasteiger partial charge is 0.457 e. The molecule has 0 aliphatic carbocycles. The number of hydrogen-bond acceptors (Lipinski definition) is 6. The van der Waals surface area contributed by atoms with Crippen molar-refractivity contribution >= 4 is 11.4 Å². The molecule has 6 heteroatoms. The van der Waals surface area contributed by atoms with Crippen molar-refractivity contribution in [3.05, 3.63) is 120 Å². The van der Waals surface area contributed by atoms with Gasteiger partial charge in [-0.05, 0) is 71.5 Å². The van der Waals surface area contributed by atoms with Gasteiger partial charge in [-0.2, -0.15) is 0 Å². The third-order valence-corrected chi connectivity index (χ3v) is 6.95. The van der Waals surface area contributed by atoms with Crippen LogP contribution in [0.3, 0.4) is 0 Å². The van der Waals surface area contributed by atoms with Crippen LogP contribution in [0.25, 0.3) is 0 Å². The lowest BCUT2D eigenvalue weighted by atomic mass is 9.81. The summed E-state index contributed by atoms with van der Waals surface area (Å²) < 4.78 is 25.3. The van der Waals surface area contributed by atoms with Crippen molar-refractivity contribution in [2.45, 2.75) is 52.4 Å². The van der Waals surface area contributed by atoms with E-state index in [2.05, 4.69) is 53.7 Å². The lowest BCUT2D eigenvalue weighted by Gasteiger charge is -2.29. The van der Waals surface area contributed by atoms with Crippen LogP contribution in [0.15, 0.2) is 109 Å². The SMILES string of the molecule is CC(C)(C)c1cc(Oc2cccc(Oc3cccc(N)c3)c2)c(C(C)(C)C)cc1Oc1cccc(Oc2cccc(N)c2)c1. The topological polar surface area (TPSA) is 89.0 Å². The molecule has 5 rings (SSSR count). The molecule has 0 saturated heterocycles. The predicted molar refractivity (Wildman–Crippen MR) is 179 cm³/mol. The highest BCUT2D eigenvalue weighted by Crippen LogP contribution is 2.44. The molecule has 6 nitrogen and oxygen atoms in total. The number of nitrogen functional groups attached to an aromatic ring is 2. The van der Waals surface area contributed by atoms with Gasteiger partial charge in [-0.3, -0.25) is 0 Å². The minimum atomic E-state index is -0.238. The monoisotopic (exact) mass is 588 g/mol. The molecule has 44 heavy (non-hydrogen) atoms. The average Bonchev–Trinajstić information content (AvgIpc) is 2.93. The minimum absolute atomic E-state index is 0.238. The average molecular weight is 589 g/mol. The molecule has 0 unspecified atom stereocenters. The van der Waals surface area contributed by atoms with E-state index in [9.17, 15) is 0 Å². The summed E-state index contributed by atoms with van der Waals surface area (Å²) in [6.07, 6.45) is 0. The molecule has 5 aromatic rings. The third-order valence-electron chi connectivity index (χ3n) is 6.95. The van der Waals surface area contributed by atoms with Gasteiger partial charge in [-0.25, -0.2) is 0 Å². The maximum Gasteiger partial charge on any atom is 0.131 e. The molecular weight excluding hydrogens is 548 g/mol. The normalized spacial score (nSPS) is 11.6. The summed E-state index contributed by atoms with van der Waals surface area (Å²) in [5.41, 5.74) is 14.7. The van der Waals surface area contributed by atoms with Crippen molar-refractivity contribution in [2.24, 2.45) is 0 Å². The maximum absolute atomic E-state index is 6.58. The van der Waals surface area contributed by atoms with Crippen LogP contribution >= 0.6 is 0 Å². The van der Waals surface area contributed by atoms with E-state index in [4.69, 9.17) is 30.4 Å². The van der Waals surface area contributed by atoms with Crippen LogP contribution in [0.4, 0.5) is 11.4 Å². The Hall–Kier alpha value is -5.10. The molecule has 0 atom stereocenters. The number of hydrogen-bond donors (Lipinski definition) is 2. The minimum Gasteiger partial charge on any atom is -0.457 e. The Bertz CT molecular complexity index is 1640. The van der Waals surface area contributed by atoms with E-state index in [1.807, 2.05) is 84.9 Å². The standard InChI is InChI=1S/C38H40N2O4/c1-37(2,3)33-23-36(44-32-18-10-16-30(22-32)42-28-14-8-12-26(40)20-28)34(38(4,5)6)24-35(33)43-31-17-9-15-29(21-31)41-27-13-7-11-25(39)19-27/h7-24H,39-40H2,1-6H3. The summed E-state index contributed by atoms with van der Waals surface area (Å²) in [5.74, 6) is 5.48. The van der Waals surface area contributed by atoms with Gasteiger partial charge in [-0.1, -0.05) is 65.8 Å². The Morgan fingerprint density at radius 2 is 0.682 bits per heavy atom. The molecule has 0 amide bonds. The van der Waals surface area contributed by atoms with E-state index in [1.165, 1.54) is 0 Å². The molecule has 0 bridgehead atoms. The number of nitrogens with two attached hydrogens (primary N) is 2. The number of ether oxygens (including phenoxy) is 4. The molecule has 0 aromatic heterocycles. The zero-order valence-electron chi connectivity index (χ0n) is 26.2. The Morgan fingerprint density at radius 1 is 0.386 bits per heavy atom. The molecule has 0 radical (unpaired) electrons. The van der Waals surface area contributed by atoms with E-state index in [0.717, 1.165) is 22.6 Å². The van der Waals surface area contributed by atoms with Crippen LogP contribution in [0.1, 0.15) is 52.7 Å². The fraction of sp³-hybridized carbons (Fsp3) is 0.211. The summed E-state index contributed by atoms with van der Waals surface area (Å²) in [6.45, 7) is 13.0. The Labute approximate surface area is 260 Å². The Balaban J connectivity index is 1.47. The summed E-state index contributed by atoms with van der Waals surface area (Å²) in [4.78, 5) is 0. The fourth-order valence-corrected chi connectivity index (χ4v) is 4.79. The first-order chi connectivity index (χ1) is 20.8. The highest BCUT2D eigenvalue weighted by molar-refractivity contribution is 5.55. The lowest BCUT2D eigenvalue weighted by molar-refractivity contribution is 0.423. The van der Waals surface area contributed by atoms with Crippen molar-refractivity contribution < 1.29 is 18.9 Å². The smallest absolute Gasteiger partial charge is 0.131 e. The van der Waals surface area contributed by atoms with Crippen LogP contribution in [0, 0.1) is 0 Å². The number of rotatable bonds is 8. The Kier molecular flexibility index (Phi) is 8.45. The summed E-state index contributed by atoms with van der Waals surface area (Å²) >= 11 is 0. The van der Waals surface area contributed by atoms with Gasteiger partial charge in [0.05, 0.1) is 0 Å². The second-order valence-electron chi connectivity index (χ2n) is 12.8. The lowest BCUT2D eigenvalue weighted by Crippen LogP contribution is -2.17. The molecular formula is C38H40N2O4. The van der Waals surface area contributed by atoms with Crippen LogP contribution in [0.5, 0.6) is 46.0 Å². The van der Waals surface area contributed by atoms with Gasteiger partial charge in [0.15, 0.2) is 0 Å². The van der Waals surface area contributed by atoms with Crippen molar-refractivity contribution in [1.82, 2.24) is 0 Å². The maximum atomic E-state index is 6.58. The van der Waals surface area contributed by atoms with E-state index in [-0.39, 0.29) is 10.8 Å². The van der Waals surface area contributed by atoms with E-state index < -0.39 is 0 Å². The summed E-state index contributed by atoms with van der Waals surface area (Å²) in [5, 5.41) is 0. The first-order valence-corrected chi connectivity index (χ1v) is 14.7. The molecule has 0 spiro atoms. The zero-order chi connectivity index (χ0) is 31.5. The quantitative estimate of drug-likeness (QED) is 0.175. The molecule has 226 valence electrons. The zero-order valence-corrected chi connectivity index (χ0v) is 26.2. The molecule has 0 aliphatic heterocycles. The molecule has 0 heterocycles. The van der Waals surface area contributed by atoms with Gasteiger partial charge in [0, 0.05) is 46.8 Å². The van der Waals surface area contributed by atoms with Gasteiger partial charge in [0.2, 0.25) is 0 Å². The molecule has 0 saturated carbocycles. The highest BCUT2D eigenvalue weighted by Gasteiger charge is 2.27. The van der Waals surface area contributed by atoms with Gasteiger partial charge in [0.25, 0.3) is 0 Å². The summed E-state index contributed by atoms with van der Waals surface area (Å²) in [7, 11) is 0. The molecule has 0 fully saturated rings. The molecule has 5 aromatic carbocycles. The fourth-order valence-electron chi connectivity index (χ4n) is 4.79. The van der Waals surface area contributed by atoms with Crippen LogP contribution in [0.2, 0.25) is 0 Å². The van der Waals surface area contributed by atoms with Crippen LogP contribution in [-0.4, -0.2) is 0 Å². The van der Waals surface area contributed by atoms with Crippen molar-refractivity contribution in [2.75, 3.05) is 11.5 Å². The highest BCUT2D eigenvalue weighted by atomic mass is 16.5. The van der Waals surface area contributed by atoms with Gasteiger partial charge >= 0.3 is 0 Å². The molecule has 4 N–H and O–H groups in total. The van der Waals surface area contributed by atoms with Gasteiger partial charge in [0.1, 0.15) is 46.0 Å². The van der Waals surface area contributed by atoms with Crippen LogP contribution < -0.4 is 30.4 Å². The van der Waals surface area contributed by atoms with Crippen molar-refractivity contribution in [3.8, 4) is 46.0 Å². The third kappa shape index (κ3) is 7.64. The molecule has 0 aliphatic rings. The predicted octanol–water partition coefficient (Wildman–Crippen LogP) is 10.6. The van der Waals surface area contributed by atoms with Gasteiger partial charge < -0.3 is 30.4 Å². The van der Waals surface area contributed by atoms with Crippen molar-refractivity contribution in [1.29, 1.82) is 0 Å². The number of benzene rings is 5. The first-order valence-electron chi connectivity index (χ1n) is 14.7. The first kappa shape index (κ1) is 30.4. The second kappa shape index (κ2) is 12.3.